The van der Waals surface area contributed by atoms with Crippen molar-refractivity contribution in [1.29, 1.82) is 0 Å². The van der Waals surface area contributed by atoms with E-state index < -0.39 is 0 Å². The highest BCUT2D eigenvalue weighted by atomic mass is 32.1. The van der Waals surface area contributed by atoms with Crippen molar-refractivity contribution in [1.82, 2.24) is 15.2 Å². The van der Waals surface area contributed by atoms with Crippen LogP contribution in [0.2, 0.25) is 0 Å². The van der Waals surface area contributed by atoms with Crippen LogP contribution in [0.1, 0.15) is 41.0 Å². The third kappa shape index (κ3) is 4.16. The molecule has 0 radical (unpaired) electrons. The van der Waals surface area contributed by atoms with Gasteiger partial charge in [-0.25, -0.2) is 4.98 Å². The van der Waals surface area contributed by atoms with Crippen molar-refractivity contribution in [3.63, 3.8) is 0 Å². The van der Waals surface area contributed by atoms with Gasteiger partial charge in [-0.1, -0.05) is 0 Å². The van der Waals surface area contributed by atoms with Crippen LogP contribution in [0.3, 0.4) is 0 Å². The van der Waals surface area contributed by atoms with Crippen molar-refractivity contribution in [2.45, 2.75) is 44.4 Å². The lowest BCUT2D eigenvalue weighted by molar-refractivity contribution is -0.0212. The summed E-state index contributed by atoms with van der Waals surface area (Å²) < 4.78 is 11.4. The lowest BCUT2D eigenvalue weighted by Crippen LogP contribution is -2.50. The molecule has 1 amide bonds. The topological polar surface area (TPSA) is 67.6 Å². The van der Waals surface area contributed by atoms with Gasteiger partial charge in [-0.3, -0.25) is 9.69 Å². The Labute approximate surface area is 169 Å². The number of hydrogen-bond acceptors (Lipinski definition) is 6. The number of carbonyl (C=O) groups is 1. The molecule has 5 rings (SSSR count). The van der Waals surface area contributed by atoms with Gasteiger partial charge >= 0.3 is 0 Å². The number of amides is 1. The van der Waals surface area contributed by atoms with Crippen LogP contribution in [0.4, 0.5) is 0 Å². The van der Waals surface area contributed by atoms with E-state index in [9.17, 15) is 4.79 Å². The summed E-state index contributed by atoms with van der Waals surface area (Å²) in [5.41, 5.74) is 0.583. The van der Waals surface area contributed by atoms with E-state index in [1.165, 1.54) is 24.1 Å². The van der Waals surface area contributed by atoms with Gasteiger partial charge in [-0.15, -0.1) is 11.3 Å². The quantitative estimate of drug-likeness (QED) is 0.772. The maximum absolute atomic E-state index is 12.6. The molecule has 1 N–H and O–H groups in total. The van der Waals surface area contributed by atoms with E-state index in [1.54, 1.807) is 23.7 Å². The van der Waals surface area contributed by atoms with Crippen molar-refractivity contribution < 1.29 is 13.9 Å². The number of nitrogens with zero attached hydrogens (tertiary/aromatic N) is 2. The first kappa shape index (κ1) is 18.3. The maximum atomic E-state index is 12.6. The summed E-state index contributed by atoms with van der Waals surface area (Å²) >= 11 is 1.73. The van der Waals surface area contributed by atoms with Gasteiger partial charge < -0.3 is 14.5 Å². The minimum absolute atomic E-state index is 0.0603. The first-order valence-corrected chi connectivity index (χ1v) is 11.2. The monoisotopic (exact) mass is 401 g/mol. The minimum Gasteiger partial charge on any atom is -0.472 e. The number of ether oxygens (including phenoxy) is 1. The van der Waals surface area contributed by atoms with E-state index >= 15 is 0 Å². The largest absolute Gasteiger partial charge is 0.472 e. The smallest absolute Gasteiger partial charge is 0.254 e. The van der Waals surface area contributed by atoms with Crippen LogP contribution in [0.5, 0.6) is 0 Å². The number of rotatable bonds is 7. The Bertz CT molecular complexity index is 775. The molecule has 7 heteroatoms. The number of hydrogen-bond donors (Lipinski definition) is 1. The van der Waals surface area contributed by atoms with Crippen LogP contribution >= 0.6 is 11.3 Å². The molecule has 28 heavy (non-hydrogen) atoms. The van der Waals surface area contributed by atoms with Gasteiger partial charge in [0, 0.05) is 31.3 Å². The molecule has 2 aromatic heterocycles. The van der Waals surface area contributed by atoms with Gasteiger partial charge in [0.25, 0.3) is 5.91 Å². The summed E-state index contributed by atoms with van der Waals surface area (Å²) in [6.45, 7) is 3.96. The summed E-state index contributed by atoms with van der Waals surface area (Å²) in [7, 11) is 0. The second-order valence-electron chi connectivity index (χ2n) is 8.52. The number of fused-ring (bicyclic) bond motifs is 1. The molecule has 3 fully saturated rings. The summed E-state index contributed by atoms with van der Waals surface area (Å²) in [5.74, 6) is 1.92. The highest BCUT2D eigenvalue weighted by Gasteiger charge is 2.43. The summed E-state index contributed by atoms with van der Waals surface area (Å²) in [6, 6.07) is 1.79. The molecule has 0 spiro atoms. The minimum atomic E-state index is -0.0603. The van der Waals surface area contributed by atoms with Crippen molar-refractivity contribution in [3.8, 4) is 0 Å². The van der Waals surface area contributed by atoms with Crippen LogP contribution in [-0.4, -0.2) is 47.6 Å². The molecule has 1 aliphatic heterocycles. The van der Waals surface area contributed by atoms with Crippen LogP contribution in [0.15, 0.2) is 34.6 Å². The van der Waals surface area contributed by atoms with Crippen LogP contribution < -0.4 is 5.32 Å². The predicted octanol–water partition coefficient (Wildman–Crippen LogP) is 3.17. The zero-order valence-corrected chi connectivity index (χ0v) is 16.8. The Morgan fingerprint density at radius 2 is 2.18 bits per heavy atom. The van der Waals surface area contributed by atoms with Crippen molar-refractivity contribution >= 4 is 17.2 Å². The van der Waals surface area contributed by atoms with Gasteiger partial charge in [0.05, 0.1) is 30.5 Å². The SMILES string of the molecule is O=C(N[C@H]1C[C@H]2CN(Cc3nccs3)C[C@H]2C[C@@H]1OCC1CC1)c1ccoc1. The molecule has 2 aliphatic carbocycles. The lowest BCUT2D eigenvalue weighted by atomic mass is 9.77. The van der Waals surface area contributed by atoms with Crippen LogP contribution in [0.25, 0.3) is 0 Å². The van der Waals surface area contributed by atoms with E-state index in [1.807, 2.05) is 11.6 Å². The van der Waals surface area contributed by atoms with E-state index in [0.29, 0.717) is 17.4 Å². The number of furan rings is 1. The number of likely N-dealkylation sites (tertiary alicyclic amines) is 1. The van der Waals surface area contributed by atoms with E-state index in [-0.39, 0.29) is 18.1 Å². The lowest BCUT2D eigenvalue weighted by Gasteiger charge is -2.38. The zero-order valence-electron chi connectivity index (χ0n) is 16.0. The molecule has 4 atom stereocenters. The number of thiazole rings is 1. The Hall–Kier alpha value is -1.70. The second-order valence-corrected chi connectivity index (χ2v) is 9.50. The van der Waals surface area contributed by atoms with Crippen molar-refractivity contribution in [2.75, 3.05) is 19.7 Å². The van der Waals surface area contributed by atoms with E-state index in [2.05, 4.69) is 15.2 Å². The fourth-order valence-corrected chi connectivity index (χ4v) is 5.35. The average Bonchev–Trinajstić information content (AvgIpc) is 3.09. The standard InChI is InChI=1S/C21H27N3O3S/c25-21(15-3-5-26-13-15)23-18-7-16-9-24(11-20-22-4-6-28-20)10-17(16)8-19(18)27-12-14-1-2-14/h3-6,13-14,16-19H,1-2,7-12H2,(H,23,25)/t16-,17+,18-,19-/m0/s1. The molecule has 3 aliphatic rings. The number of nitrogens with one attached hydrogen (secondary N) is 1. The second kappa shape index (κ2) is 7.97. The van der Waals surface area contributed by atoms with Crippen LogP contribution in [-0.2, 0) is 11.3 Å². The molecule has 2 saturated carbocycles. The van der Waals surface area contributed by atoms with Crippen molar-refractivity contribution in [2.24, 2.45) is 17.8 Å². The molecule has 2 aromatic rings. The van der Waals surface area contributed by atoms with Gasteiger partial charge in [0.15, 0.2) is 0 Å². The highest BCUT2D eigenvalue weighted by molar-refractivity contribution is 7.09. The third-order valence-electron chi connectivity index (χ3n) is 6.38. The average molecular weight is 402 g/mol. The third-order valence-corrected chi connectivity index (χ3v) is 7.14. The molecule has 1 saturated heterocycles. The van der Waals surface area contributed by atoms with Gasteiger partial charge in [-0.2, -0.15) is 0 Å². The van der Waals surface area contributed by atoms with E-state index in [0.717, 1.165) is 45.0 Å². The summed E-state index contributed by atoms with van der Waals surface area (Å²) in [5, 5.41) is 6.46. The molecular formula is C21H27N3O3S. The Morgan fingerprint density at radius 3 is 2.89 bits per heavy atom. The highest BCUT2D eigenvalue weighted by Crippen LogP contribution is 2.39. The van der Waals surface area contributed by atoms with Gasteiger partial charge in [-0.05, 0) is 49.5 Å². The van der Waals surface area contributed by atoms with Gasteiger partial charge in [0.1, 0.15) is 11.3 Å². The normalized spacial score (nSPS) is 30.3. The molecule has 6 nitrogen and oxygen atoms in total. The van der Waals surface area contributed by atoms with Crippen LogP contribution in [0, 0.1) is 17.8 Å². The Balaban J connectivity index is 1.24. The molecule has 0 unspecified atom stereocenters. The van der Waals surface area contributed by atoms with Gasteiger partial charge in [0.2, 0.25) is 0 Å². The first-order chi connectivity index (χ1) is 13.7. The molecule has 150 valence electrons. The fourth-order valence-electron chi connectivity index (χ4n) is 4.69. The van der Waals surface area contributed by atoms with Crippen molar-refractivity contribution in [3.05, 3.63) is 40.7 Å². The fraction of sp³-hybridized carbons (Fsp3) is 0.619. The first-order valence-electron chi connectivity index (χ1n) is 10.3. The predicted molar refractivity (Wildman–Crippen MR) is 106 cm³/mol. The number of carbonyl (C=O) groups excluding carboxylic acids is 1. The molecule has 0 bridgehead atoms. The Morgan fingerprint density at radius 1 is 1.32 bits per heavy atom. The maximum Gasteiger partial charge on any atom is 0.254 e. The summed E-state index contributed by atoms with van der Waals surface area (Å²) in [4.78, 5) is 19.6. The van der Waals surface area contributed by atoms with E-state index in [4.69, 9.17) is 9.15 Å². The number of aromatic nitrogens is 1. The molecule has 0 aromatic carbocycles. The Kier molecular flexibility index (Phi) is 5.22. The zero-order chi connectivity index (χ0) is 18.9. The molecular weight excluding hydrogens is 374 g/mol. The molecule has 3 heterocycles. The summed E-state index contributed by atoms with van der Waals surface area (Å²) in [6.07, 6.45) is 9.62.